The standard InChI is InChI=1S/C23H28ClNO4S/c1-12-20-16(7-18-17(20)8-23(18,2)3)21(30-12)22(28)25-9-13-4-5-15(6-19(13)24)29-11-14(27)10-26/h4-6,14,17-18,26-27H,7-11H2,1-3H3,(H,25,28)/t14-,17-,18-/m1/s1. The van der Waals surface area contributed by atoms with Crippen molar-refractivity contribution in [1.82, 2.24) is 5.32 Å². The van der Waals surface area contributed by atoms with E-state index in [1.807, 2.05) is 0 Å². The van der Waals surface area contributed by atoms with Crippen LogP contribution in [0.4, 0.5) is 0 Å². The predicted octanol–water partition coefficient (Wildman–Crippen LogP) is 4.06. The van der Waals surface area contributed by atoms with E-state index >= 15 is 0 Å². The van der Waals surface area contributed by atoms with Gasteiger partial charge in [-0.2, -0.15) is 0 Å². The van der Waals surface area contributed by atoms with Gasteiger partial charge in [0.1, 0.15) is 18.5 Å². The number of nitrogens with one attached hydrogen (secondary N) is 1. The fraction of sp³-hybridized carbons (Fsp3) is 0.522. The van der Waals surface area contributed by atoms with Gasteiger partial charge in [0.15, 0.2) is 0 Å². The van der Waals surface area contributed by atoms with Crippen LogP contribution < -0.4 is 10.1 Å². The molecule has 0 unspecified atom stereocenters. The molecular formula is C23H28ClNO4S. The molecule has 0 radical (unpaired) electrons. The first-order valence-electron chi connectivity index (χ1n) is 10.3. The average molecular weight is 450 g/mol. The molecule has 2 aromatic rings. The van der Waals surface area contributed by atoms with Crippen LogP contribution in [0.1, 0.15) is 57.4 Å². The fourth-order valence-corrected chi connectivity index (χ4v) is 6.33. The van der Waals surface area contributed by atoms with Gasteiger partial charge in [0, 0.05) is 16.4 Å². The Bertz CT molecular complexity index is 970. The number of ether oxygens (including phenoxy) is 1. The molecular weight excluding hydrogens is 422 g/mol. The van der Waals surface area contributed by atoms with Gasteiger partial charge in [-0.15, -0.1) is 11.3 Å². The minimum absolute atomic E-state index is 0.00938. The van der Waals surface area contributed by atoms with Gasteiger partial charge in [-0.05, 0) is 65.8 Å². The van der Waals surface area contributed by atoms with Crippen LogP contribution >= 0.6 is 22.9 Å². The van der Waals surface area contributed by atoms with Gasteiger partial charge in [-0.25, -0.2) is 0 Å². The number of aliphatic hydroxyl groups is 2. The molecule has 2 aliphatic rings. The van der Waals surface area contributed by atoms with Crippen LogP contribution in [0, 0.1) is 18.3 Å². The van der Waals surface area contributed by atoms with Crippen molar-refractivity contribution in [2.24, 2.45) is 11.3 Å². The van der Waals surface area contributed by atoms with Crippen LogP contribution in [0.15, 0.2) is 18.2 Å². The third-order valence-electron chi connectivity index (χ3n) is 6.59. The second kappa shape index (κ2) is 8.15. The zero-order valence-corrected chi connectivity index (χ0v) is 19.1. The van der Waals surface area contributed by atoms with E-state index in [-0.39, 0.29) is 19.1 Å². The van der Waals surface area contributed by atoms with E-state index in [0.717, 1.165) is 16.9 Å². The van der Waals surface area contributed by atoms with Crippen molar-refractivity contribution in [2.45, 2.75) is 52.2 Å². The maximum Gasteiger partial charge on any atom is 0.261 e. The van der Waals surface area contributed by atoms with E-state index in [2.05, 4.69) is 26.1 Å². The number of halogens is 1. The lowest BCUT2D eigenvalue weighted by Crippen LogP contribution is -2.40. The van der Waals surface area contributed by atoms with Crippen molar-refractivity contribution in [2.75, 3.05) is 13.2 Å². The van der Waals surface area contributed by atoms with E-state index in [1.54, 1.807) is 29.5 Å². The Morgan fingerprint density at radius 2 is 2.20 bits per heavy atom. The van der Waals surface area contributed by atoms with Gasteiger partial charge < -0.3 is 20.3 Å². The lowest BCUT2D eigenvalue weighted by Gasteiger charge is -2.48. The molecule has 7 heteroatoms. The third-order valence-corrected chi connectivity index (χ3v) is 8.10. The summed E-state index contributed by atoms with van der Waals surface area (Å²) in [5.74, 6) is 1.75. The molecule has 2 aliphatic carbocycles. The largest absolute Gasteiger partial charge is 0.491 e. The summed E-state index contributed by atoms with van der Waals surface area (Å²) in [4.78, 5) is 15.1. The van der Waals surface area contributed by atoms with Gasteiger partial charge in [0.2, 0.25) is 0 Å². The monoisotopic (exact) mass is 449 g/mol. The summed E-state index contributed by atoms with van der Waals surface area (Å²) < 4.78 is 5.41. The minimum Gasteiger partial charge on any atom is -0.491 e. The summed E-state index contributed by atoms with van der Waals surface area (Å²) in [6.45, 7) is 6.77. The maximum atomic E-state index is 13.0. The summed E-state index contributed by atoms with van der Waals surface area (Å²) in [6.07, 6.45) is 1.29. The quantitative estimate of drug-likeness (QED) is 0.595. The lowest BCUT2D eigenvalue weighted by atomic mass is 9.56. The molecule has 5 nitrogen and oxygen atoms in total. The molecule has 1 fully saturated rings. The highest BCUT2D eigenvalue weighted by Crippen LogP contribution is 2.63. The first kappa shape index (κ1) is 21.6. The molecule has 0 spiro atoms. The molecule has 162 valence electrons. The van der Waals surface area contributed by atoms with Crippen molar-refractivity contribution in [1.29, 1.82) is 0 Å². The summed E-state index contributed by atoms with van der Waals surface area (Å²) in [5, 5.41) is 21.7. The highest BCUT2D eigenvalue weighted by atomic mass is 35.5. The number of aliphatic hydroxyl groups excluding tert-OH is 2. The molecule has 0 bridgehead atoms. The van der Waals surface area contributed by atoms with Gasteiger partial charge in [-0.3, -0.25) is 4.79 Å². The highest BCUT2D eigenvalue weighted by molar-refractivity contribution is 7.14. The molecule has 1 aromatic carbocycles. The zero-order chi connectivity index (χ0) is 21.6. The van der Waals surface area contributed by atoms with Crippen molar-refractivity contribution in [3.63, 3.8) is 0 Å². The van der Waals surface area contributed by atoms with E-state index < -0.39 is 6.10 Å². The molecule has 1 aromatic heterocycles. The van der Waals surface area contributed by atoms with Crippen LogP contribution in [0.2, 0.25) is 5.02 Å². The van der Waals surface area contributed by atoms with Gasteiger partial charge >= 0.3 is 0 Å². The number of amides is 1. The molecule has 1 heterocycles. The van der Waals surface area contributed by atoms with Crippen LogP contribution in [0.5, 0.6) is 5.75 Å². The van der Waals surface area contributed by atoms with E-state index in [1.165, 1.54) is 22.4 Å². The summed E-state index contributed by atoms with van der Waals surface area (Å²) in [5.41, 5.74) is 3.85. The second-order valence-corrected chi connectivity index (χ2v) is 10.7. The zero-order valence-electron chi connectivity index (χ0n) is 17.5. The molecule has 0 aliphatic heterocycles. The number of thiophene rings is 1. The molecule has 4 rings (SSSR count). The fourth-order valence-electron chi connectivity index (χ4n) is 4.92. The number of benzene rings is 1. The number of rotatable bonds is 7. The van der Waals surface area contributed by atoms with Gasteiger partial charge in [0.25, 0.3) is 5.91 Å². The highest BCUT2D eigenvalue weighted by Gasteiger charge is 2.53. The number of carbonyl (C=O) groups is 1. The van der Waals surface area contributed by atoms with E-state index in [0.29, 0.717) is 34.6 Å². The normalized spacial score (nSPS) is 22.1. The minimum atomic E-state index is -0.931. The Morgan fingerprint density at radius 3 is 2.87 bits per heavy atom. The number of aryl methyl sites for hydroxylation is 1. The van der Waals surface area contributed by atoms with E-state index in [9.17, 15) is 9.90 Å². The lowest BCUT2D eigenvalue weighted by molar-refractivity contribution is 0.0518. The van der Waals surface area contributed by atoms with Crippen molar-refractivity contribution in [3.05, 3.63) is 49.7 Å². The Labute approximate surface area is 186 Å². The number of hydrogen-bond acceptors (Lipinski definition) is 5. The first-order chi connectivity index (χ1) is 14.2. The predicted molar refractivity (Wildman–Crippen MR) is 119 cm³/mol. The maximum absolute atomic E-state index is 13.0. The molecule has 3 N–H and O–H groups in total. The first-order valence-corrected chi connectivity index (χ1v) is 11.5. The molecule has 1 amide bonds. The second-order valence-electron chi connectivity index (χ2n) is 9.07. The van der Waals surface area contributed by atoms with Crippen molar-refractivity contribution >= 4 is 28.8 Å². The Hall–Kier alpha value is -1.60. The average Bonchev–Trinajstić information content (AvgIpc) is 3.20. The van der Waals surface area contributed by atoms with Crippen molar-refractivity contribution < 1.29 is 19.7 Å². The summed E-state index contributed by atoms with van der Waals surface area (Å²) >= 11 is 7.95. The molecule has 1 saturated carbocycles. The third kappa shape index (κ3) is 3.86. The Kier molecular flexibility index (Phi) is 5.88. The van der Waals surface area contributed by atoms with Gasteiger partial charge in [-0.1, -0.05) is 31.5 Å². The molecule has 30 heavy (non-hydrogen) atoms. The van der Waals surface area contributed by atoms with Gasteiger partial charge in [0.05, 0.1) is 11.5 Å². The smallest absolute Gasteiger partial charge is 0.261 e. The molecule has 3 atom stereocenters. The number of fused-ring (bicyclic) bond motifs is 3. The summed E-state index contributed by atoms with van der Waals surface area (Å²) in [7, 11) is 0. The van der Waals surface area contributed by atoms with Crippen LogP contribution in [0.3, 0.4) is 0 Å². The molecule has 0 saturated heterocycles. The van der Waals surface area contributed by atoms with Crippen molar-refractivity contribution in [3.8, 4) is 5.75 Å². The van der Waals surface area contributed by atoms with E-state index in [4.69, 9.17) is 21.4 Å². The Balaban J connectivity index is 1.41. The van der Waals surface area contributed by atoms with Crippen LogP contribution in [-0.4, -0.2) is 35.4 Å². The summed E-state index contributed by atoms with van der Waals surface area (Å²) in [6, 6.07) is 5.19. The van der Waals surface area contributed by atoms with Crippen LogP contribution in [0.25, 0.3) is 0 Å². The SMILES string of the molecule is Cc1sc(C(=O)NCc2ccc(OC[C@H](O)CO)cc2Cl)c2c1[C@@H]1CC(C)(C)[C@@H]1C2. The Morgan fingerprint density at radius 1 is 1.43 bits per heavy atom. The van der Waals surface area contributed by atoms with Crippen LogP contribution in [-0.2, 0) is 13.0 Å². The number of hydrogen-bond donors (Lipinski definition) is 3. The topological polar surface area (TPSA) is 78.8 Å². The number of carbonyl (C=O) groups excluding carboxylic acids is 1.